The molecule has 0 aliphatic heterocycles. The topological polar surface area (TPSA) is 138 Å². The molecule has 27 heavy (non-hydrogen) atoms. The molecule has 2 aromatic heterocycles. The lowest BCUT2D eigenvalue weighted by molar-refractivity contribution is -0.127. The van der Waals surface area contributed by atoms with Crippen LogP contribution in [0.5, 0.6) is 0 Å². The van der Waals surface area contributed by atoms with Gasteiger partial charge >= 0.3 is 0 Å². The average Bonchev–Trinajstić information content (AvgIpc) is 3.38. The number of aromatic nitrogens is 5. The van der Waals surface area contributed by atoms with Crippen LogP contribution in [0.15, 0.2) is 18.7 Å². The predicted molar refractivity (Wildman–Crippen MR) is 95.4 cm³/mol. The highest BCUT2D eigenvalue weighted by molar-refractivity contribution is 5.93. The molecule has 4 N–H and O–H groups in total. The molecule has 3 atom stereocenters. The predicted octanol–water partition coefficient (Wildman–Crippen LogP) is 0.538. The zero-order valence-electron chi connectivity index (χ0n) is 15.3. The summed E-state index contributed by atoms with van der Waals surface area (Å²) in [6.07, 6.45) is 7.19. The van der Waals surface area contributed by atoms with Crippen LogP contribution in [0, 0.1) is 5.92 Å². The molecule has 0 aromatic carbocycles. The number of nitrogens with one attached hydrogen (secondary N) is 4. The number of H-pyrrole nitrogens is 2. The van der Waals surface area contributed by atoms with Gasteiger partial charge < -0.3 is 15.4 Å². The maximum atomic E-state index is 12.5. The lowest BCUT2D eigenvalue weighted by Gasteiger charge is -2.35. The SMILES string of the molecule is CCCO[C@@H]1CC[C@H](C(=O)NCc2ncn[nH]2)C[C@H]1NC(=O)c1cn[nH]c1. The largest absolute Gasteiger partial charge is 0.376 e. The minimum absolute atomic E-state index is 0.0529. The van der Waals surface area contributed by atoms with E-state index in [0.29, 0.717) is 37.4 Å². The molecule has 0 radical (unpaired) electrons. The van der Waals surface area contributed by atoms with E-state index in [9.17, 15) is 9.59 Å². The summed E-state index contributed by atoms with van der Waals surface area (Å²) in [6.45, 7) is 2.98. The molecule has 3 rings (SSSR count). The molecule has 10 nitrogen and oxygen atoms in total. The second kappa shape index (κ2) is 9.26. The molecule has 1 fully saturated rings. The summed E-state index contributed by atoms with van der Waals surface area (Å²) in [7, 11) is 0. The second-order valence-electron chi connectivity index (χ2n) is 6.64. The Morgan fingerprint density at radius 1 is 1.33 bits per heavy atom. The lowest BCUT2D eigenvalue weighted by atomic mass is 9.83. The fraction of sp³-hybridized carbons (Fsp3) is 0.588. The molecule has 10 heteroatoms. The van der Waals surface area contributed by atoms with Gasteiger partial charge in [0.25, 0.3) is 5.91 Å². The first-order chi connectivity index (χ1) is 13.2. The highest BCUT2D eigenvalue weighted by atomic mass is 16.5. The fourth-order valence-corrected chi connectivity index (χ4v) is 3.26. The summed E-state index contributed by atoms with van der Waals surface area (Å²) >= 11 is 0. The first-order valence-corrected chi connectivity index (χ1v) is 9.20. The van der Waals surface area contributed by atoms with Crippen molar-refractivity contribution in [1.82, 2.24) is 36.0 Å². The maximum absolute atomic E-state index is 12.5. The van der Waals surface area contributed by atoms with Gasteiger partial charge in [0, 0.05) is 18.7 Å². The minimum Gasteiger partial charge on any atom is -0.376 e. The molecule has 1 aliphatic rings. The number of hydrogen-bond donors (Lipinski definition) is 4. The first kappa shape index (κ1) is 19.0. The van der Waals surface area contributed by atoms with Crippen LogP contribution < -0.4 is 10.6 Å². The molecule has 0 saturated heterocycles. The van der Waals surface area contributed by atoms with Crippen molar-refractivity contribution in [3.8, 4) is 0 Å². The van der Waals surface area contributed by atoms with Crippen LogP contribution in [0.1, 0.15) is 48.8 Å². The van der Waals surface area contributed by atoms with Crippen molar-refractivity contribution in [3.63, 3.8) is 0 Å². The van der Waals surface area contributed by atoms with Crippen LogP contribution in [0.4, 0.5) is 0 Å². The van der Waals surface area contributed by atoms with Crippen LogP contribution in [-0.4, -0.2) is 55.9 Å². The molecular weight excluding hydrogens is 350 g/mol. The van der Waals surface area contributed by atoms with E-state index in [4.69, 9.17) is 4.74 Å². The quantitative estimate of drug-likeness (QED) is 0.531. The van der Waals surface area contributed by atoms with Crippen molar-refractivity contribution >= 4 is 11.8 Å². The van der Waals surface area contributed by atoms with Crippen LogP contribution in [0.2, 0.25) is 0 Å². The normalized spacial score (nSPS) is 22.3. The Kier molecular flexibility index (Phi) is 6.53. The summed E-state index contributed by atoms with van der Waals surface area (Å²) in [5.74, 6) is 0.140. The van der Waals surface area contributed by atoms with Gasteiger partial charge in [-0.1, -0.05) is 6.92 Å². The number of carbonyl (C=O) groups is 2. The van der Waals surface area contributed by atoms with E-state index in [1.54, 1.807) is 6.20 Å². The van der Waals surface area contributed by atoms with E-state index in [1.807, 2.05) is 6.92 Å². The van der Waals surface area contributed by atoms with Crippen molar-refractivity contribution in [1.29, 1.82) is 0 Å². The number of rotatable bonds is 8. The number of ether oxygens (including phenoxy) is 1. The number of carbonyl (C=O) groups excluding carboxylic acids is 2. The van der Waals surface area contributed by atoms with Crippen molar-refractivity contribution < 1.29 is 14.3 Å². The highest BCUT2D eigenvalue weighted by Gasteiger charge is 2.35. The van der Waals surface area contributed by atoms with E-state index in [0.717, 1.165) is 12.8 Å². The molecular formula is C17H25N7O3. The fourth-order valence-electron chi connectivity index (χ4n) is 3.26. The van der Waals surface area contributed by atoms with Gasteiger partial charge in [-0.05, 0) is 25.7 Å². The lowest BCUT2D eigenvalue weighted by Crippen LogP contribution is -2.50. The van der Waals surface area contributed by atoms with Gasteiger partial charge in [0.05, 0.1) is 30.5 Å². The Bertz CT molecular complexity index is 717. The van der Waals surface area contributed by atoms with Crippen LogP contribution in [0.25, 0.3) is 0 Å². The van der Waals surface area contributed by atoms with Crippen molar-refractivity contribution in [2.45, 2.75) is 51.3 Å². The zero-order chi connectivity index (χ0) is 19.1. The van der Waals surface area contributed by atoms with E-state index >= 15 is 0 Å². The average molecular weight is 375 g/mol. The highest BCUT2D eigenvalue weighted by Crippen LogP contribution is 2.27. The molecule has 0 spiro atoms. The molecule has 1 aliphatic carbocycles. The van der Waals surface area contributed by atoms with E-state index < -0.39 is 0 Å². The third-order valence-electron chi connectivity index (χ3n) is 4.67. The number of nitrogens with zero attached hydrogens (tertiary/aromatic N) is 3. The molecule has 2 amide bonds. The van der Waals surface area contributed by atoms with Crippen LogP contribution >= 0.6 is 0 Å². The van der Waals surface area contributed by atoms with E-state index in [1.165, 1.54) is 12.5 Å². The Hall–Kier alpha value is -2.75. The minimum atomic E-state index is -0.228. The number of amides is 2. The summed E-state index contributed by atoms with van der Waals surface area (Å²) in [5.41, 5.74) is 0.459. The number of aromatic amines is 2. The molecule has 2 aromatic rings. The third kappa shape index (κ3) is 5.13. The molecule has 2 heterocycles. The standard InChI is InChI=1S/C17H25N7O3/c1-2-5-27-14-4-3-11(16(25)18-9-15-19-10-22-24-15)6-13(14)23-17(26)12-7-20-21-8-12/h7-8,10-11,13-14H,2-6,9H2,1H3,(H,18,25)(H,20,21)(H,23,26)(H,19,22,24)/t11-,13+,14+/m0/s1. The molecule has 146 valence electrons. The van der Waals surface area contributed by atoms with Crippen LogP contribution in [0.3, 0.4) is 0 Å². The first-order valence-electron chi connectivity index (χ1n) is 9.20. The van der Waals surface area contributed by atoms with Gasteiger partial charge in [-0.25, -0.2) is 4.98 Å². The Labute approximate surface area is 156 Å². The molecule has 0 bridgehead atoms. The summed E-state index contributed by atoms with van der Waals surface area (Å²) in [6, 6.07) is -0.228. The van der Waals surface area contributed by atoms with Gasteiger partial charge in [-0.3, -0.25) is 19.8 Å². The van der Waals surface area contributed by atoms with Crippen LogP contribution in [-0.2, 0) is 16.1 Å². The summed E-state index contributed by atoms with van der Waals surface area (Å²) in [5, 5.41) is 18.8. The number of hydrogen-bond acceptors (Lipinski definition) is 6. The smallest absolute Gasteiger partial charge is 0.254 e. The van der Waals surface area contributed by atoms with Gasteiger partial charge in [-0.2, -0.15) is 10.2 Å². The van der Waals surface area contributed by atoms with E-state index in [2.05, 4.69) is 36.0 Å². The van der Waals surface area contributed by atoms with Crippen molar-refractivity contribution in [3.05, 3.63) is 30.1 Å². The summed E-state index contributed by atoms with van der Waals surface area (Å²) < 4.78 is 5.92. The van der Waals surface area contributed by atoms with Gasteiger partial charge in [0.15, 0.2) is 0 Å². The van der Waals surface area contributed by atoms with Gasteiger partial charge in [0.1, 0.15) is 12.2 Å². The van der Waals surface area contributed by atoms with Gasteiger partial charge in [0.2, 0.25) is 5.91 Å². The Morgan fingerprint density at radius 3 is 2.93 bits per heavy atom. The summed E-state index contributed by atoms with van der Waals surface area (Å²) in [4.78, 5) is 28.9. The Morgan fingerprint density at radius 2 is 2.22 bits per heavy atom. The van der Waals surface area contributed by atoms with Crippen molar-refractivity contribution in [2.24, 2.45) is 5.92 Å². The van der Waals surface area contributed by atoms with E-state index in [-0.39, 0.29) is 29.9 Å². The second-order valence-corrected chi connectivity index (χ2v) is 6.64. The monoisotopic (exact) mass is 375 g/mol. The molecule has 1 saturated carbocycles. The van der Waals surface area contributed by atoms with Gasteiger partial charge in [-0.15, -0.1) is 0 Å². The zero-order valence-corrected chi connectivity index (χ0v) is 15.3. The molecule has 0 unspecified atom stereocenters. The van der Waals surface area contributed by atoms with Crippen molar-refractivity contribution in [2.75, 3.05) is 6.61 Å². The third-order valence-corrected chi connectivity index (χ3v) is 4.67. The Balaban J connectivity index is 1.59. The maximum Gasteiger partial charge on any atom is 0.254 e.